The lowest BCUT2D eigenvalue weighted by Gasteiger charge is -2.27. The van der Waals surface area contributed by atoms with Gasteiger partial charge in [0.2, 0.25) is 0 Å². The summed E-state index contributed by atoms with van der Waals surface area (Å²) >= 11 is 0. The Morgan fingerprint density at radius 2 is 2.38 bits per heavy atom. The summed E-state index contributed by atoms with van der Waals surface area (Å²) in [5, 5.41) is 4.46. The molecule has 0 spiro atoms. The van der Waals surface area contributed by atoms with Crippen LogP contribution in [-0.2, 0) is 13.5 Å². The van der Waals surface area contributed by atoms with Crippen molar-refractivity contribution in [2.45, 2.75) is 26.2 Å². The molecule has 0 bridgehead atoms. The smallest absolute Gasteiger partial charge is 0.0858 e. The van der Waals surface area contributed by atoms with Gasteiger partial charge in [-0.3, -0.25) is 4.68 Å². The van der Waals surface area contributed by atoms with Crippen LogP contribution in [0.25, 0.3) is 0 Å². The number of hydrogen-bond donors (Lipinski definition) is 0. The molecule has 0 saturated heterocycles. The van der Waals surface area contributed by atoms with Crippen molar-refractivity contribution in [1.29, 1.82) is 0 Å². The summed E-state index contributed by atoms with van der Waals surface area (Å²) < 4.78 is 1.93. The molecule has 0 aromatic carbocycles. The lowest BCUT2D eigenvalue weighted by Crippen LogP contribution is -2.29. The summed E-state index contributed by atoms with van der Waals surface area (Å²) in [4.78, 5) is 2.45. The molecule has 13 heavy (non-hydrogen) atoms. The number of anilines is 1. The molecule has 1 aromatic rings. The van der Waals surface area contributed by atoms with E-state index in [0.717, 1.165) is 6.42 Å². The number of rotatable bonds is 2. The largest absolute Gasteiger partial charge is 0.369 e. The highest BCUT2D eigenvalue weighted by molar-refractivity contribution is 5.51. The number of nitrogens with zero attached hydrogens (tertiary/aromatic N) is 3. The third-order valence-electron chi connectivity index (χ3n) is 2.56. The molecular weight excluding hydrogens is 162 g/mol. The van der Waals surface area contributed by atoms with Crippen molar-refractivity contribution in [2.75, 3.05) is 18.0 Å². The summed E-state index contributed by atoms with van der Waals surface area (Å²) in [6.07, 6.45) is 5.76. The highest BCUT2D eigenvalue weighted by Gasteiger charge is 2.18. The van der Waals surface area contributed by atoms with Crippen LogP contribution in [0.3, 0.4) is 0 Å². The molecular formula is C10H17N3. The Bertz CT molecular complexity index is 290. The van der Waals surface area contributed by atoms with Gasteiger partial charge in [0.15, 0.2) is 0 Å². The Labute approximate surface area is 79.3 Å². The molecule has 1 aromatic heterocycles. The topological polar surface area (TPSA) is 21.1 Å². The van der Waals surface area contributed by atoms with Crippen LogP contribution in [0, 0.1) is 0 Å². The van der Waals surface area contributed by atoms with E-state index in [2.05, 4.69) is 23.1 Å². The van der Waals surface area contributed by atoms with E-state index in [9.17, 15) is 0 Å². The maximum atomic E-state index is 4.46. The Morgan fingerprint density at radius 1 is 1.54 bits per heavy atom. The molecule has 0 amide bonds. The first-order chi connectivity index (χ1) is 6.31. The lowest BCUT2D eigenvalue weighted by atomic mass is 10.1. The summed E-state index contributed by atoms with van der Waals surface area (Å²) in [6.45, 7) is 4.59. The third kappa shape index (κ3) is 1.55. The van der Waals surface area contributed by atoms with Crippen molar-refractivity contribution in [3.63, 3.8) is 0 Å². The third-order valence-corrected chi connectivity index (χ3v) is 2.56. The van der Waals surface area contributed by atoms with E-state index >= 15 is 0 Å². The van der Waals surface area contributed by atoms with Gasteiger partial charge in [-0.2, -0.15) is 5.10 Å². The molecule has 0 radical (unpaired) electrons. The van der Waals surface area contributed by atoms with Crippen molar-refractivity contribution in [3.05, 3.63) is 11.9 Å². The zero-order valence-corrected chi connectivity index (χ0v) is 8.45. The quantitative estimate of drug-likeness (QED) is 0.687. The molecule has 0 atom stereocenters. The van der Waals surface area contributed by atoms with E-state index < -0.39 is 0 Å². The van der Waals surface area contributed by atoms with Gasteiger partial charge in [-0.15, -0.1) is 0 Å². The Balaban J connectivity index is 2.25. The Hall–Kier alpha value is -0.990. The molecule has 72 valence electrons. The molecule has 0 saturated carbocycles. The Morgan fingerprint density at radius 3 is 3.15 bits per heavy atom. The van der Waals surface area contributed by atoms with Crippen LogP contribution in [0.4, 0.5) is 5.69 Å². The molecule has 0 unspecified atom stereocenters. The summed E-state index contributed by atoms with van der Waals surface area (Å²) in [5.41, 5.74) is 2.64. The summed E-state index contributed by atoms with van der Waals surface area (Å²) in [7, 11) is 2.00. The second-order valence-corrected chi connectivity index (χ2v) is 3.73. The van der Waals surface area contributed by atoms with E-state index in [-0.39, 0.29) is 0 Å². The van der Waals surface area contributed by atoms with Gasteiger partial charge in [-0.1, -0.05) is 6.92 Å². The predicted octanol–water partition coefficient (Wildman–Crippen LogP) is 1.58. The summed E-state index contributed by atoms with van der Waals surface area (Å²) in [5.74, 6) is 0. The standard InChI is InChI=1S/C10H17N3/c1-3-6-13-7-4-5-9-10(13)8-12(2)11-9/h8H,3-7H2,1-2H3. The first kappa shape index (κ1) is 8.60. The van der Waals surface area contributed by atoms with E-state index in [1.54, 1.807) is 0 Å². The van der Waals surface area contributed by atoms with Crippen LogP contribution in [0.15, 0.2) is 6.20 Å². The van der Waals surface area contributed by atoms with Crippen LogP contribution in [0.5, 0.6) is 0 Å². The second kappa shape index (κ2) is 3.40. The van der Waals surface area contributed by atoms with Crippen LogP contribution in [0.2, 0.25) is 0 Å². The molecule has 0 N–H and O–H groups in total. The first-order valence-corrected chi connectivity index (χ1v) is 5.08. The number of aromatic nitrogens is 2. The molecule has 2 rings (SSSR count). The van der Waals surface area contributed by atoms with Crippen molar-refractivity contribution < 1.29 is 0 Å². The molecule has 2 heterocycles. The number of hydrogen-bond acceptors (Lipinski definition) is 2. The minimum Gasteiger partial charge on any atom is -0.369 e. The fourth-order valence-corrected chi connectivity index (χ4v) is 2.02. The zero-order chi connectivity index (χ0) is 9.26. The minimum atomic E-state index is 1.15. The molecule has 1 aliphatic heterocycles. The minimum absolute atomic E-state index is 1.15. The van der Waals surface area contributed by atoms with Crippen molar-refractivity contribution >= 4 is 5.69 Å². The zero-order valence-electron chi connectivity index (χ0n) is 8.45. The lowest BCUT2D eigenvalue weighted by molar-refractivity contribution is 0.666. The first-order valence-electron chi connectivity index (χ1n) is 5.08. The van der Waals surface area contributed by atoms with Crippen molar-refractivity contribution in [2.24, 2.45) is 7.05 Å². The average molecular weight is 179 g/mol. The van der Waals surface area contributed by atoms with Gasteiger partial charge in [-0.05, 0) is 19.3 Å². The normalized spacial score (nSPS) is 16.0. The van der Waals surface area contributed by atoms with E-state index in [0.29, 0.717) is 0 Å². The fraction of sp³-hybridized carbons (Fsp3) is 0.700. The molecule has 3 heteroatoms. The number of aryl methyl sites for hydroxylation is 2. The van der Waals surface area contributed by atoms with Crippen molar-refractivity contribution in [3.8, 4) is 0 Å². The summed E-state index contributed by atoms with van der Waals surface area (Å²) in [6, 6.07) is 0. The monoisotopic (exact) mass is 179 g/mol. The molecule has 0 fully saturated rings. The van der Waals surface area contributed by atoms with Gasteiger partial charge in [0.05, 0.1) is 11.4 Å². The molecule has 3 nitrogen and oxygen atoms in total. The van der Waals surface area contributed by atoms with Gasteiger partial charge in [0, 0.05) is 26.3 Å². The highest BCUT2D eigenvalue weighted by Crippen LogP contribution is 2.25. The number of fused-ring (bicyclic) bond motifs is 1. The Kier molecular flexibility index (Phi) is 2.25. The predicted molar refractivity (Wildman–Crippen MR) is 54.0 cm³/mol. The van der Waals surface area contributed by atoms with Gasteiger partial charge < -0.3 is 4.90 Å². The van der Waals surface area contributed by atoms with Crippen LogP contribution in [0.1, 0.15) is 25.5 Å². The average Bonchev–Trinajstić information content (AvgIpc) is 2.47. The maximum absolute atomic E-state index is 4.46. The highest BCUT2D eigenvalue weighted by atomic mass is 15.3. The van der Waals surface area contributed by atoms with E-state index in [1.807, 2.05) is 11.7 Å². The molecule has 0 aliphatic carbocycles. The maximum Gasteiger partial charge on any atom is 0.0858 e. The van der Waals surface area contributed by atoms with Crippen molar-refractivity contribution in [1.82, 2.24) is 9.78 Å². The van der Waals surface area contributed by atoms with Crippen LogP contribution < -0.4 is 4.90 Å². The van der Waals surface area contributed by atoms with Crippen LogP contribution in [-0.4, -0.2) is 22.9 Å². The van der Waals surface area contributed by atoms with Crippen LogP contribution >= 0.6 is 0 Å². The molecule has 1 aliphatic rings. The second-order valence-electron chi connectivity index (χ2n) is 3.73. The van der Waals surface area contributed by atoms with E-state index in [1.165, 1.54) is 37.3 Å². The van der Waals surface area contributed by atoms with E-state index in [4.69, 9.17) is 0 Å². The van der Waals surface area contributed by atoms with Gasteiger partial charge in [-0.25, -0.2) is 0 Å². The fourth-order valence-electron chi connectivity index (χ4n) is 2.02. The van der Waals surface area contributed by atoms with Gasteiger partial charge >= 0.3 is 0 Å². The van der Waals surface area contributed by atoms with Gasteiger partial charge in [0.1, 0.15) is 0 Å². The van der Waals surface area contributed by atoms with Gasteiger partial charge in [0.25, 0.3) is 0 Å². The SMILES string of the molecule is CCCN1CCCc2nn(C)cc21.